The molecule has 1 atom stereocenters. The van der Waals surface area contributed by atoms with E-state index in [-0.39, 0.29) is 18.2 Å². The van der Waals surface area contributed by atoms with Crippen molar-refractivity contribution >= 4 is 45.7 Å². The molecule has 0 fully saturated rings. The quantitative estimate of drug-likeness (QED) is 0.495. The van der Waals surface area contributed by atoms with Crippen molar-refractivity contribution in [1.82, 2.24) is 19.7 Å². The van der Waals surface area contributed by atoms with E-state index in [0.717, 1.165) is 21.8 Å². The Morgan fingerprint density at radius 1 is 1.16 bits per heavy atom. The zero-order valence-electron chi connectivity index (χ0n) is 18.2. The highest BCUT2D eigenvalue weighted by atomic mass is 32.2. The van der Waals surface area contributed by atoms with Gasteiger partial charge in [-0.15, -0.1) is 21.5 Å². The minimum atomic E-state index is -0.396. The first kappa shape index (κ1) is 23.0. The van der Waals surface area contributed by atoms with Crippen LogP contribution in [0.15, 0.2) is 29.4 Å². The highest BCUT2D eigenvalue weighted by Gasteiger charge is 2.22. The van der Waals surface area contributed by atoms with E-state index in [0.29, 0.717) is 22.7 Å². The van der Waals surface area contributed by atoms with Crippen LogP contribution in [0.2, 0.25) is 0 Å². The summed E-state index contributed by atoms with van der Waals surface area (Å²) >= 11 is 2.77. The molecular formula is C21H26N6O2S2. The smallest absolute Gasteiger partial charge is 0.239 e. The molecule has 0 saturated carbocycles. The molecule has 0 aliphatic heterocycles. The fourth-order valence-electron chi connectivity index (χ4n) is 2.85. The van der Waals surface area contributed by atoms with Gasteiger partial charge < -0.3 is 15.2 Å². The Morgan fingerprint density at radius 3 is 2.55 bits per heavy atom. The number of anilines is 2. The van der Waals surface area contributed by atoms with Gasteiger partial charge in [-0.2, -0.15) is 0 Å². The molecule has 164 valence electrons. The van der Waals surface area contributed by atoms with Gasteiger partial charge in [-0.3, -0.25) is 9.59 Å². The second-order valence-corrected chi connectivity index (χ2v) is 9.60. The number of para-hydroxylation sites is 1. The topological polar surface area (TPSA) is 102 Å². The molecule has 2 aromatic heterocycles. The molecule has 0 unspecified atom stereocenters. The zero-order chi connectivity index (χ0) is 22.5. The molecule has 0 bridgehead atoms. The standard InChI is InChI=1S/C21H26N6O2S2/c1-6-27-17(11-18(28)23-16-10-8-7-9-12(16)2)25-26-21(27)31-15(5)19(29)24-20-22-13(3)14(4)30-20/h7-10,15H,6,11H2,1-5H3,(H,23,28)(H,22,24,29)/t15-/m1/s1. The Bertz CT molecular complexity index is 1070. The van der Waals surface area contributed by atoms with Crippen LogP contribution in [-0.4, -0.2) is 36.8 Å². The van der Waals surface area contributed by atoms with Gasteiger partial charge in [0.2, 0.25) is 11.8 Å². The van der Waals surface area contributed by atoms with E-state index < -0.39 is 5.25 Å². The summed E-state index contributed by atoms with van der Waals surface area (Å²) in [5.74, 6) is 0.256. The predicted octanol–water partition coefficient (Wildman–Crippen LogP) is 3.98. The first-order chi connectivity index (χ1) is 14.8. The summed E-state index contributed by atoms with van der Waals surface area (Å²) in [7, 11) is 0. The number of amides is 2. The summed E-state index contributed by atoms with van der Waals surface area (Å²) < 4.78 is 1.86. The number of nitrogens with one attached hydrogen (secondary N) is 2. The van der Waals surface area contributed by atoms with Crippen LogP contribution in [-0.2, 0) is 22.6 Å². The van der Waals surface area contributed by atoms with Gasteiger partial charge in [0.1, 0.15) is 5.82 Å². The number of thiazole rings is 1. The van der Waals surface area contributed by atoms with E-state index in [2.05, 4.69) is 25.8 Å². The van der Waals surface area contributed by atoms with Crippen molar-refractivity contribution in [3.8, 4) is 0 Å². The minimum Gasteiger partial charge on any atom is -0.325 e. The third-order valence-electron chi connectivity index (χ3n) is 4.76. The van der Waals surface area contributed by atoms with E-state index >= 15 is 0 Å². The van der Waals surface area contributed by atoms with Crippen LogP contribution in [0.3, 0.4) is 0 Å². The first-order valence-corrected chi connectivity index (χ1v) is 11.7. The van der Waals surface area contributed by atoms with Crippen LogP contribution >= 0.6 is 23.1 Å². The number of rotatable bonds is 8. The lowest BCUT2D eigenvalue weighted by Gasteiger charge is -2.12. The summed E-state index contributed by atoms with van der Waals surface area (Å²) in [6.07, 6.45) is 0.105. The SMILES string of the molecule is CCn1c(CC(=O)Nc2ccccc2C)nnc1S[C@H](C)C(=O)Nc1nc(C)c(C)s1. The van der Waals surface area contributed by atoms with Crippen molar-refractivity contribution in [2.24, 2.45) is 0 Å². The highest BCUT2D eigenvalue weighted by molar-refractivity contribution is 8.00. The molecule has 10 heteroatoms. The summed E-state index contributed by atoms with van der Waals surface area (Å²) in [6.45, 7) is 10.2. The van der Waals surface area contributed by atoms with Crippen molar-refractivity contribution in [1.29, 1.82) is 0 Å². The summed E-state index contributed by atoms with van der Waals surface area (Å²) in [5, 5.41) is 15.0. The average Bonchev–Trinajstić information content (AvgIpc) is 3.25. The number of aromatic nitrogens is 4. The molecule has 8 nitrogen and oxygen atoms in total. The second kappa shape index (κ2) is 10.1. The van der Waals surface area contributed by atoms with Crippen molar-refractivity contribution in [3.05, 3.63) is 46.2 Å². The number of thioether (sulfide) groups is 1. The number of hydrogen-bond acceptors (Lipinski definition) is 7. The summed E-state index contributed by atoms with van der Waals surface area (Å²) in [5.41, 5.74) is 2.69. The number of hydrogen-bond donors (Lipinski definition) is 2. The molecule has 3 aromatic rings. The van der Waals surface area contributed by atoms with Crippen LogP contribution in [0.4, 0.5) is 10.8 Å². The molecule has 0 saturated heterocycles. The first-order valence-electron chi connectivity index (χ1n) is 9.97. The minimum absolute atomic E-state index is 0.105. The van der Waals surface area contributed by atoms with E-state index in [1.54, 1.807) is 0 Å². The van der Waals surface area contributed by atoms with Crippen LogP contribution in [0.1, 0.15) is 35.8 Å². The van der Waals surface area contributed by atoms with Crippen molar-refractivity contribution in [3.63, 3.8) is 0 Å². The van der Waals surface area contributed by atoms with Gasteiger partial charge in [-0.05, 0) is 46.2 Å². The Hall–Kier alpha value is -2.72. The van der Waals surface area contributed by atoms with Crippen molar-refractivity contribution < 1.29 is 9.59 Å². The molecule has 2 N–H and O–H groups in total. The van der Waals surface area contributed by atoms with Crippen molar-refractivity contribution in [2.45, 2.75) is 58.0 Å². The number of nitrogens with zero attached hydrogens (tertiary/aromatic N) is 4. The maximum Gasteiger partial charge on any atom is 0.239 e. The second-order valence-electron chi connectivity index (χ2n) is 7.09. The molecule has 1 aromatic carbocycles. The van der Waals surface area contributed by atoms with Gasteiger partial charge in [-0.25, -0.2) is 4.98 Å². The molecule has 2 heterocycles. The number of aryl methyl sites for hydroxylation is 3. The molecule has 0 spiro atoms. The lowest BCUT2D eigenvalue weighted by molar-refractivity contribution is -0.116. The largest absolute Gasteiger partial charge is 0.325 e. The van der Waals surface area contributed by atoms with E-state index in [1.807, 2.05) is 63.5 Å². The van der Waals surface area contributed by atoms with Crippen LogP contribution in [0.5, 0.6) is 0 Å². The highest BCUT2D eigenvalue weighted by Crippen LogP contribution is 2.26. The third kappa shape index (κ3) is 5.71. The molecule has 2 amide bonds. The maximum atomic E-state index is 12.6. The molecule has 3 rings (SSSR count). The van der Waals surface area contributed by atoms with Gasteiger partial charge in [0, 0.05) is 17.1 Å². The zero-order valence-corrected chi connectivity index (χ0v) is 19.9. The van der Waals surface area contributed by atoms with Gasteiger partial charge >= 0.3 is 0 Å². The predicted molar refractivity (Wildman–Crippen MR) is 125 cm³/mol. The number of carbonyl (C=O) groups excluding carboxylic acids is 2. The number of benzene rings is 1. The normalized spacial score (nSPS) is 11.9. The Kier molecular flexibility index (Phi) is 7.45. The maximum absolute atomic E-state index is 12.6. The van der Waals surface area contributed by atoms with E-state index in [4.69, 9.17) is 0 Å². The van der Waals surface area contributed by atoms with Crippen LogP contribution in [0.25, 0.3) is 0 Å². The summed E-state index contributed by atoms with van der Waals surface area (Å²) in [4.78, 5) is 30.5. The van der Waals surface area contributed by atoms with Gasteiger partial charge in [-0.1, -0.05) is 30.0 Å². The monoisotopic (exact) mass is 458 g/mol. The molecule has 0 aliphatic carbocycles. The molecule has 0 radical (unpaired) electrons. The van der Waals surface area contributed by atoms with E-state index in [9.17, 15) is 9.59 Å². The third-order valence-corrected chi connectivity index (χ3v) is 6.83. The Balaban J connectivity index is 1.64. The summed E-state index contributed by atoms with van der Waals surface area (Å²) in [6, 6.07) is 7.62. The van der Waals surface area contributed by atoms with Gasteiger partial charge in [0.05, 0.1) is 17.4 Å². The fraction of sp³-hybridized carbons (Fsp3) is 0.381. The van der Waals surface area contributed by atoms with E-state index in [1.165, 1.54) is 23.1 Å². The van der Waals surface area contributed by atoms with Crippen molar-refractivity contribution in [2.75, 3.05) is 10.6 Å². The lowest BCUT2D eigenvalue weighted by Crippen LogP contribution is -2.23. The molecular weight excluding hydrogens is 432 g/mol. The number of carbonyl (C=O) groups is 2. The van der Waals surface area contributed by atoms with Gasteiger partial charge in [0.25, 0.3) is 0 Å². The van der Waals surface area contributed by atoms with Crippen LogP contribution in [0, 0.1) is 20.8 Å². The van der Waals surface area contributed by atoms with Gasteiger partial charge in [0.15, 0.2) is 10.3 Å². The molecule has 0 aliphatic rings. The lowest BCUT2D eigenvalue weighted by atomic mass is 10.2. The Labute approximate surface area is 189 Å². The Morgan fingerprint density at radius 2 is 1.90 bits per heavy atom. The molecule has 31 heavy (non-hydrogen) atoms. The van der Waals surface area contributed by atoms with Crippen LogP contribution < -0.4 is 10.6 Å². The average molecular weight is 459 g/mol. The fourth-order valence-corrected chi connectivity index (χ4v) is 4.60.